The molecule has 0 unspecified atom stereocenters. The SMILES string of the molecule is Cc1cc(Br)c(Cl)cc1NC(=O)COC(=O)CN1C(=O)[C@@H]2C3c4ccccc4C(c4ccccc43)[C@H]2C1=O. The van der Waals surface area contributed by atoms with Gasteiger partial charge in [-0.05, 0) is 62.8 Å². The smallest absolute Gasteiger partial charge is 0.326 e. The van der Waals surface area contributed by atoms with Gasteiger partial charge in [-0.15, -0.1) is 0 Å². The van der Waals surface area contributed by atoms with Crippen LogP contribution < -0.4 is 5.32 Å². The maximum atomic E-state index is 13.6. The molecular weight excluding hydrogens is 572 g/mol. The molecule has 1 saturated heterocycles. The lowest BCUT2D eigenvalue weighted by molar-refractivity contribution is -0.154. The third-order valence-corrected chi connectivity index (χ3v) is 8.93. The number of likely N-dealkylation sites (tertiary alicyclic amines) is 1. The van der Waals surface area contributed by atoms with E-state index in [4.69, 9.17) is 16.3 Å². The van der Waals surface area contributed by atoms with Crippen LogP contribution in [-0.2, 0) is 23.9 Å². The first-order chi connectivity index (χ1) is 18.3. The van der Waals surface area contributed by atoms with Crippen LogP contribution in [-0.4, -0.2) is 41.7 Å². The van der Waals surface area contributed by atoms with Gasteiger partial charge in [0, 0.05) is 22.0 Å². The zero-order valence-electron chi connectivity index (χ0n) is 20.2. The van der Waals surface area contributed by atoms with E-state index in [1.54, 1.807) is 19.1 Å². The standard InChI is InChI=1S/C29H22BrClN2O5/c1-14-10-19(30)20(31)11-21(14)32-22(34)13-38-23(35)12-33-28(36)26-24-15-6-2-3-7-16(15)25(27(26)29(33)37)18-9-5-4-8-17(18)24/h2-11,24-27H,12-13H2,1H3,(H,32,34)/t24?,25?,26-,27-/m1/s1. The fraction of sp³-hybridized carbons (Fsp3) is 0.241. The molecule has 1 aliphatic heterocycles. The van der Waals surface area contributed by atoms with Crippen LogP contribution in [0.1, 0.15) is 39.7 Å². The molecule has 9 heteroatoms. The number of carbonyl (C=O) groups excluding carboxylic acids is 4. The van der Waals surface area contributed by atoms with Crippen molar-refractivity contribution in [2.24, 2.45) is 11.8 Å². The third-order valence-electron chi connectivity index (χ3n) is 7.73. The lowest BCUT2D eigenvalue weighted by Crippen LogP contribution is -2.41. The van der Waals surface area contributed by atoms with Crippen LogP contribution in [0.4, 0.5) is 5.69 Å². The van der Waals surface area contributed by atoms with Crippen LogP contribution in [0.3, 0.4) is 0 Å². The molecule has 0 radical (unpaired) electrons. The Hall–Kier alpha value is -3.49. The van der Waals surface area contributed by atoms with Gasteiger partial charge in [0.1, 0.15) is 6.54 Å². The van der Waals surface area contributed by atoms with Gasteiger partial charge in [0.2, 0.25) is 11.8 Å². The number of amides is 3. The Labute approximate surface area is 232 Å². The van der Waals surface area contributed by atoms with Crippen LogP contribution in [0.25, 0.3) is 0 Å². The summed E-state index contributed by atoms with van der Waals surface area (Å²) in [7, 11) is 0. The fourth-order valence-electron chi connectivity index (χ4n) is 6.18. The van der Waals surface area contributed by atoms with Crippen molar-refractivity contribution in [2.45, 2.75) is 18.8 Å². The van der Waals surface area contributed by atoms with Crippen molar-refractivity contribution in [2.75, 3.05) is 18.5 Å². The molecule has 192 valence electrons. The van der Waals surface area contributed by atoms with Crippen molar-refractivity contribution < 1.29 is 23.9 Å². The minimum absolute atomic E-state index is 0.248. The average molecular weight is 594 g/mol. The van der Waals surface area contributed by atoms with Crippen molar-refractivity contribution >= 4 is 56.9 Å². The minimum Gasteiger partial charge on any atom is -0.454 e. The predicted octanol–water partition coefficient (Wildman–Crippen LogP) is 4.78. The highest BCUT2D eigenvalue weighted by atomic mass is 79.9. The van der Waals surface area contributed by atoms with Crippen LogP contribution in [0, 0.1) is 18.8 Å². The summed E-state index contributed by atoms with van der Waals surface area (Å²) in [5.74, 6) is -3.77. The molecule has 0 spiro atoms. The van der Waals surface area contributed by atoms with Gasteiger partial charge >= 0.3 is 5.97 Å². The summed E-state index contributed by atoms with van der Waals surface area (Å²) in [6.45, 7) is 0.709. The van der Waals surface area contributed by atoms with Crippen molar-refractivity contribution in [1.82, 2.24) is 4.90 Å². The maximum absolute atomic E-state index is 13.6. The molecular formula is C29H22BrClN2O5. The van der Waals surface area contributed by atoms with E-state index in [2.05, 4.69) is 21.2 Å². The van der Waals surface area contributed by atoms with E-state index < -0.39 is 36.9 Å². The number of hydrogen-bond acceptors (Lipinski definition) is 5. The Morgan fingerprint density at radius 1 is 0.921 bits per heavy atom. The monoisotopic (exact) mass is 592 g/mol. The lowest BCUT2D eigenvalue weighted by atomic mass is 9.55. The summed E-state index contributed by atoms with van der Waals surface area (Å²) >= 11 is 9.43. The number of hydrogen-bond donors (Lipinski definition) is 1. The van der Waals surface area contributed by atoms with Gasteiger partial charge in [0.25, 0.3) is 5.91 Å². The van der Waals surface area contributed by atoms with Crippen molar-refractivity contribution in [3.8, 4) is 0 Å². The van der Waals surface area contributed by atoms with Crippen molar-refractivity contribution in [3.63, 3.8) is 0 Å². The number of imide groups is 1. The summed E-state index contributed by atoms with van der Waals surface area (Å²) in [5, 5.41) is 3.08. The Balaban J connectivity index is 1.17. The molecule has 3 aromatic carbocycles. The molecule has 0 aromatic heterocycles. The minimum atomic E-state index is -0.826. The number of benzene rings is 3. The van der Waals surface area contributed by atoms with Crippen molar-refractivity contribution in [3.05, 3.63) is 98.0 Å². The summed E-state index contributed by atoms with van der Waals surface area (Å²) < 4.78 is 5.83. The van der Waals surface area contributed by atoms with Crippen LogP contribution in [0.15, 0.2) is 65.1 Å². The first-order valence-corrected chi connectivity index (χ1v) is 13.4. The van der Waals surface area contributed by atoms with E-state index in [-0.39, 0.29) is 23.7 Å². The molecule has 7 rings (SSSR count). The molecule has 3 aromatic rings. The quantitative estimate of drug-likeness (QED) is 0.339. The molecule has 1 heterocycles. The summed E-state index contributed by atoms with van der Waals surface area (Å²) in [5.41, 5.74) is 5.49. The Kier molecular flexibility index (Phi) is 6.12. The molecule has 38 heavy (non-hydrogen) atoms. The van der Waals surface area contributed by atoms with E-state index in [1.165, 1.54) is 0 Å². The van der Waals surface area contributed by atoms with E-state index in [0.29, 0.717) is 15.2 Å². The number of anilines is 1. The highest BCUT2D eigenvalue weighted by molar-refractivity contribution is 9.10. The zero-order valence-corrected chi connectivity index (χ0v) is 22.6. The van der Waals surface area contributed by atoms with E-state index in [9.17, 15) is 19.2 Å². The summed E-state index contributed by atoms with van der Waals surface area (Å²) in [6, 6.07) is 19.2. The molecule has 2 atom stereocenters. The van der Waals surface area contributed by atoms with Gasteiger partial charge in [0.05, 0.1) is 16.9 Å². The van der Waals surface area contributed by atoms with E-state index >= 15 is 0 Å². The normalized spacial score (nSPS) is 22.6. The number of nitrogens with one attached hydrogen (secondary N) is 1. The van der Waals surface area contributed by atoms with Crippen molar-refractivity contribution in [1.29, 1.82) is 0 Å². The van der Waals surface area contributed by atoms with Gasteiger partial charge < -0.3 is 10.1 Å². The number of carbonyl (C=O) groups is 4. The Morgan fingerprint density at radius 3 is 1.92 bits per heavy atom. The van der Waals surface area contributed by atoms with Gasteiger partial charge in [-0.3, -0.25) is 24.1 Å². The number of nitrogens with zero attached hydrogens (tertiary/aromatic N) is 1. The molecule has 0 saturated carbocycles. The van der Waals surface area contributed by atoms with Crippen LogP contribution in [0.5, 0.6) is 0 Å². The second kappa shape index (κ2) is 9.36. The third kappa shape index (κ3) is 3.85. The Bertz CT molecular complexity index is 1420. The number of ether oxygens (including phenoxy) is 1. The largest absolute Gasteiger partial charge is 0.454 e. The molecule has 4 aliphatic rings. The molecule has 7 nitrogen and oxygen atoms in total. The molecule has 3 amide bonds. The first kappa shape index (κ1) is 24.8. The number of rotatable bonds is 5. The van der Waals surface area contributed by atoms with Gasteiger partial charge in [-0.25, -0.2) is 0 Å². The summed E-state index contributed by atoms with van der Waals surface area (Å²) in [6.07, 6.45) is 0. The highest BCUT2D eigenvalue weighted by Gasteiger charge is 2.61. The zero-order chi connectivity index (χ0) is 26.7. The second-order valence-corrected chi connectivity index (χ2v) is 11.1. The predicted molar refractivity (Wildman–Crippen MR) is 144 cm³/mol. The first-order valence-electron chi connectivity index (χ1n) is 12.2. The average Bonchev–Trinajstić information content (AvgIpc) is 3.16. The Morgan fingerprint density at radius 2 is 1.42 bits per heavy atom. The molecule has 1 fully saturated rings. The number of esters is 1. The number of aryl methyl sites for hydroxylation is 1. The molecule has 3 aliphatic carbocycles. The van der Waals surface area contributed by atoms with E-state index in [0.717, 1.165) is 32.7 Å². The van der Waals surface area contributed by atoms with Gasteiger partial charge in [-0.2, -0.15) is 0 Å². The highest BCUT2D eigenvalue weighted by Crippen LogP contribution is 2.60. The van der Waals surface area contributed by atoms with E-state index in [1.807, 2.05) is 48.5 Å². The molecule has 2 bridgehead atoms. The fourth-order valence-corrected chi connectivity index (χ4v) is 6.80. The second-order valence-electron chi connectivity index (χ2n) is 9.82. The lowest BCUT2D eigenvalue weighted by Gasteiger charge is -2.45. The van der Waals surface area contributed by atoms with Crippen LogP contribution in [0.2, 0.25) is 5.02 Å². The summed E-state index contributed by atoms with van der Waals surface area (Å²) in [4.78, 5) is 53.2. The van der Waals surface area contributed by atoms with Crippen LogP contribution >= 0.6 is 27.5 Å². The maximum Gasteiger partial charge on any atom is 0.326 e. The number of halogens is 2. The van der Waals surface area contributed by atoms with Gasteiger partial charge in [-0.1, -0.05) is 60.1 Å². The topological polar surface area (TPSA) is 92.8 Å². The van der Waals surface area contributed by atoms with Gasteiger partial charge in [0.15, 0.2) is 6.61 Å². The molecule has 1 N–H and O–H groups in total.